The van der Waals surface area contributed by atoms with Crippen molar-refractivity contribution in [1.29, 1.82) is 0 Å². The van der Waals surface area contributed by atoms with Gasteiger partial charge in [-0.3, -0.25) is 0 Å². The molecule has 0 aliphatic rings. The topological polar surface area (TPSA) is 13.1 Å². The summed E-state index contributed by atoms with van der Waals surface area (Å²) in [5.41, 5.74) is -0.0166. The van der Waals surface area contributed by atoms with Crippen molar-refractivity contribution in [3.8, 4) is 33.4 Å². The van der Waals surface area contributed by atoms with Gasteiger partial charge in [-0.2, -0.15) is 0 Å². The van der Waals surface area contributed by atoms with Crippen molar-refractivity contribution in [2.75, 3.05) is 0 Å². The largest absolute Gasteiger partial charge is 0.455 e. The fourth-order valence-corrected chi connectivity index (χ4v) is 5.75. The minimum absolute atomic E-state index is 0.0362. The maximum Gasteiger partial charge on any atom is 0.143 e. The molecule has 0 amide bonds. The van der Waals surface area contributed by atoms with Gasteiger partial charge in [0.25, 0.3) is 0 Å². The highest BCUT2D eigenvalue weighted by Crippen LogP contribution is 2.47. The highest BCUT2D eigenvalue weighted by Gasteiger charge is 2.19. The molecule has 0 radical (unpaired) electrons. The van der Waals surface area contributed by atoms with E-state index in [1.807, 2.05) is 18.2 Å². The first kappa shape index (κ1) is 12.7. The van der Waals surface area contributed by atoms with Gasteiger partial charge in [0, 0.05) is 16.2 Å². The van der Waals surface area contributed by atoms with E-state index in [1.165, 1.54) is 0 Å². The molecule has 43 heavy (non-hydrogen) atoms. The van der Waals surface area contributed by atoms with Crippen LogP contribution in [0.5, 0.6) is 0 Å². The lowest BCUT2D eigenvalue weighted by Crippen LogP contribution is -1.92. The molecule has 0 saturated carbocycles. The predicted molar refractivity (Wildman–Crippen MR) is 183 cm³/mol. The predicted octanol–water partition coefficient (Wildman–Crippen LogP) is 12.0. The molecule has 1 heteroatoms. The summed E-state index contributed by atoms with van der Waals surface area (Å²) in [6.07, 6.45) is 0. The normalized spacial score (nSPS) is 17.3. The average Bonchev–Trinajstić information content (AvgIpc) is 3.66. The summed E-state index contributed by atoms with van der Waals surface area (Å²) in [6, 6.07) is 4.80. The van der Waals surface area contributed by atoms with Crippen LogP contribution in [0.4, 0.5) is 0 Å². The molecule has 1 heterocycles. The van der Waals surface area contributed by atoms with Gasteiger partial charge in [0.15, 0.2) is 0 Å². The molecule has 0 N–H and O–H groups in total. The van der Waals surface area contributed by atoms with E-state index in [0.29, 0.717) is 16.7 Å². The van der Waals surface area contributed by atoms with Crippen LogP contribution in [0.3, 0.4) is 0 Å². The van der Waals surface area contributed by atoms with Crippen molar-refractivity contribution in [3.63, 3.8) is 0 Å². The minimum Gasteiger partial charge on any atom is -0.455 e. The van der Waals surface area contributed by atoms with Crippen LogP contribution in [0, 0.1) is 0 Å². The van der Waals surface area contributed by atoms with Crippen LogP contribution in [0.15, 0.2) is 162 Å². The molecule has 8 aromatic carbocycles. The molecular formula is C42H26O. The van der Waals surface area contributed by atoms with Crippen molar-refractivity contribution < 1.29 is 27.7 Å². The lowest BCUT2D eigenvalue weighted by molar-refractivity contribution is 0.672. The monoisotopic (exact) mass is 563 g/mol. The quantitative estimate of drug-likeness (QED) is 0.195. The Labute approximate surface area is 273 Å². The summed E-state index contributed by atoms with van der Waals surface area (Å²) in [5.74, 6) is 0. The summed E-state index contributed by atoms with van der Waals surface area (Å²) in [6.45, 7) is 0. The third-order valence-electron chi connectivity index (χ3n) is 7.59. The Kier molecular flexibility index (Phi) is 2.79. The molecule has 9 rings (SSSR count). The van der Waals surface area contributed by atoms with E-state index in [4.69, 9.17) is 18.1 Å². The molecule has 0 saturated heterocycles. The van der Waals surface area contributed by atoms with Crippen LogP contribution in [0.1, 0.15) is 23.3 Å². The van der Waals surface area contributed by atoms with Crippen molar-refractivity contribution in [2.45, 2.75) is 0 Å². The number of fused-ring (bicyclic) bond motifs is 7. The fourth-order valence-electron chi connectivity index (χ4n) is 5.75. The van der Waals surface area contributed by atoms with Crippen LogP contribution in [0.25, 0.3) is 87.6 Å². The molecule has 0 atom stereocenters. The van der Waals surface area contributed by atoms with Crippen molar-refractivity contribution in [1.82, 2.24) is 0 Å². The van der Waals surface area contributed by atoms with Gasteiger partial charge in [0.2, 0.25) is 0 Å². The Morgan fingerprint density at radius 1 is 0.419 bits per heavy atom. The zero-order chi connectivity index (χ0) is 43.1. The molecule has 0 aliphatic heterocycles. The van der Waals surface area contributed by atoms with Crippen LogP contribution in [0.2, 0.25) is 0 Å². The van der Waals surface area contributed by atoms with Crippen LogP contribution < -0.4 is 0 Å². The lowest BCUT2D eigenvalue weighted by atomic mass is 9.83. The van der Waals surface area contributed by atoms with Crippen molar-refractivity contribution >= 4 is 54.3 Å². The van der Waals surface area contributed by atoms with Gasteiger partial charge >= 0.3 is 0 Å². The van der Waals surface area contributed by atoms with Crippen molar-refractivity contribution in [3.05, 3.63) is 157 Å². The number of furan rings is 1. The number of hydrogen-bond donors (Lipinski definition) is 0. The Balaban J connectivity index is 1.59. The van der Waals surface area contributed by atoms with Gasteiger partial charge in [-0.15, -0.1) is 0 Å². The number of benzene rings is 8. The fraction of sp³-hybridized carbons (Fsp3) is 0. The zero-order valence-electron chi connectivity index (χ0n) is 39.1. The zero-order valence-corrected chi connectivity index (χ0v) is 22.1. The minimum atomic E-state index is -0.741. The molecule has 1 nitrogen and oxygen atoms in total. The maximum absolute atomic E-state index is 9.77. The first-order valence-corrected chi connectivity index (χ1v) is 13.4. The van der Waals surface area contributed by atoms with Gasteiger partial charge in [-0.25, -0.2) is 0 Å². The van der Waals surface area contributed by atoms with Gasteiger partial charge < -0.3 is 4.42 Å². The summed E-state index contributed by atoms with van der Waals surface area (Å²) >= 11 is 0. The highest BCUT2D eigenvalue weighted by atomic mass is 16.3. The smallest absolute Gasteiger partial charge is 0.143 e. The molecular weight excluding hydrogens is 520 g/mol. The molecule has 0 bridgehead atoms. The third kappa shape index (κ3) is 3.65. The van der Waals surface area contributed by atoms with E-state index in [0.717, 1.165) is 0 Å². The van der Waals surface area contributed by atoms with Crippen LogP contribution in [-0.4, -0.2) is 0 Å². The average molecular weight is 564 g/mol. The van der Waals surface area contributed by atoms with E-state index in [1.54, 1.807) is 36.4 Å². The van der Waals surface area contributed by atoms with E-state index >= 15 is 0 Å². The SMILES string of the molecule is [2H]c1c(-c2c3c([2H])c([2H])c([2H])c([2H])c3c(-c3ccccc3-c3ccccc3)c3c([2H])c([2H])c([2H])c([2H])c23)c([2H])c2c(oc3c4c([2H])c([2H])c([2H])c([2H])c4c([2H])c([2H])c32)c1[2H]. The standard InChI is InChI=1S/C42H26O/c1-2-12-27(13-3-1)30-15-6-7-17-32(30)41-35-20-10-8-18-33(35)40(34-19-9-11-21-36(34)41)29-23-25-39-38(26-29)37-24-22-28-14-4-5-16-31(28)42(37)43-39/h1-26H/i4D,5D,8D,9D,10D,11D,14D,16D,18D,19D,20D,21D,22D,23D,24D,25D,26D. The van der Waals surface area contributed by atoms with Gasteiger partial charge in [0.05, 0.1) is 23.3 Å². The van der Waals surface area contributed by atoms with Gasteiger partial charge in [-0.05, 0) is 78.4 Å². The third-order valence-corrected chi connectivity index (χ3v) is 7.59. The molecule has 0 spiro atoms. The molecule has 9 aromatic rings. The second kappa shape index (κ2) is 9.44. The number of hydrogen-bond acceptors (Lipinski definition) is 1. The lowest BCUT2D eigenvalue weighted by Gasteiger charge is -2.19. The summed E-state index contributed by atoms with van der Waals surface area (Å²) < 4.78 is 159. The van der Waals surface area contributed by atoms with Gasteiger partial charge in [-0.1, -0.05) is 139 Å². The van der Waals surface area contributed by atoms with Gasteiger partial charge in [0.1, 0.15) is 11.2 Å². The van der Waals surface area contributed by atoms with E-state index in [9.17, 15) is 9.60 Å². The van der Waals surface area contributed by atoms with E-state index in [-0.39, 0.29) is 59.8 Å². The van der Waals surface area contributed by atoms with Crippen LogP contribution in [-0.2, 0) is 0 Å². The maximum atomic E-state index is 9.77. The molecule has 200 valence electrons. The van der Waals surface area contributed by atoms with E-state index in [2.05, 4.69) is 0 Å². The molecule has 1 aromatic heterocycles. The Hall–Kier alpha value is -5.66. The second-order valence-electron chi connectivity index (χ2n) is 9.92. The first-order chi connectivity index (χ1) is 28.4. The summed E-state index contributed by atoms with van der Waals surface area (Å²) in [4.78, 5) is 0. The molecule has 0 fully saturated rings. The summed E-state index contributed by atoms with van der Waals surface area (Å²) in [7, 11) is 0. The second-order valence-corrected chi connectivity index (χ2v) is 9.92. The summed E-state index contributed by atoms with van der Waals surface area (Å²) in [5, 5.41) is -2.23. The Morgan fingerprint density at radius 2 is 1.02 bits per heavy atom. The Morgan fingerprint density at radius 3 is 1.74 bits per heavy atom. The molecule has 0 unspecified atom stereocenters. The van der Waals surface area contributed by atoms with Crippen molar-refractivity contribution in [2.24, 2.45) is 0 Å². The molecule has 0 aliphatic carbocycles. The highest BCUT2D eigenvalue weighted by molar-refractivity contribution is 6.23. The Bertz CT molecular complexity index is 3370. The number of rotatable bonds is 3. The van der Waals surface area contributed by atoms with Crippen LogP contribution >= 0.6 is 0 Å². The van der Waals surface area contributed by atoms with E-state index < -0.39 is 114 Å². The first-order valence-electron chi connectivity index (χ1n) is 21.9.